The zero-order valence-corrected chi connectivity index (χ0v) is 15.9. The Morgan fingerprint density at radius 3 is 2.41 bits per heavy atom. The number of pyridine rings is 1. The molecule has 0 unspecified atom stereocenters. The van der Waals surface area contributed by atoms with Crippen LogP contribution in [0.25, 0.3) is 11.4 Å². The second-order valence-corrected chi connectivity index (χ2v) is 6.48. The van der Waals surface area contributed by atoms with Crippen molar-refractivity contribution in [2.45, 2.75) is 6.54 Å². The molecule has 0 saturated carbocycles. The van der Waals surface area contributed by atoms with Gasteiger partial charge in [-0.1, -0.05) is 24.3 Å². The Balaban J connectivity index is 1.37. The van der Waals surface area contributed by atoms with Gasteiger partial charge in [0, 0.05) is 18.8 Å². The van der Waals surface area contributed by atoms with E-state index in [2.05, 4.69) is 15.4 Å². The summed E-state index contributed by atoms with van der Waals surface area (Å²) < 4.78 is 7.51. The molecular weight excluding hydrogens is 364 g/mol. The summed E-state index contributed by atoms with van der Waals surface area (Å²) >= 11 is 0. The normalized spacial score (nSPS) is 10.5. The van der Waals surface area contributed by atoms with Crippen LogP contribution < -0.4 is 10.1 Å². The first-order chi connectivity index (χ1) is 14.2. The number of ether oxygens (including phenoxy) is 1. The molecule has 6 nitrogen and oxygen atoms in total. The first-order valence-corrected chi connectivity index (χ1v) is 9.24. The van der Waals surface area contributed by atoms with Crippen LogP contribution >= 0.6 is 0 Å². The van der Waals surface area contributed by atoms with Crippen molar-refractivity contribution in [3.05, 3.63) is 96.3 Å². The number of carbonyl (C=O) groups is 1. The maximum atomic E-state index is 12.5. The number of amides is 1. The topological polar surface area (TPSA) is 69.0 Å². The number of aryl methyl sites for hydroxylation is 1. The van der Waals surface area contributed by atoms with Crippen molar-refractivity contribution in [1.82, 2.24) is 20.1 Å². The standard InChI is InChI=1S/C23H20N4O2/c1-27-22(21-9-5-6-14-24-21)15-18(26-27)16-25-23(28)17-10-12-20(13-11-17)29-19-7-3-2-4-8-19/h2-15H,16H2,1H3,(H,25,28). The van der Waals surface area contributed by atoms with Gasteiger partial charge < -0.3 is 10.1 Å². The summed E-state index contributed by atoms with van der Waals surface area (Å²) in [5.74, 6) is 1.27. The van der Waals surface area contributed by atoms with Crippen molar-refractivity contribution in [3.63, 3.8) is 0 Å². The van der Waals surface area contributed by atoms with Crippen molar-refractivity contribution >= 4 is 5.91 Å². The maximum absolute atomic E-state index is 12.5. The average molecular weight is 384 g/mol. The predicted molar refractivity (Wildman–Crippen MR) is 111 cm³/mol. The lowest BCUT2D eigenvalue weighted by atomic mass is 10.2. The van der Waals surface area contributed by atoms with E-state index < -0.39 is 0 Å². The van der Waals surface area contributed by atoms with Crippen LogP contribution in [0.2, 0.25) is 0 Å². The summed E-state index contributed by atoms with van der Waals surface area (Å²) in [6.07, 6.45) is 1.74. The summed E-state index contributed by atoms with van der Waals surface area (Å²) in [5.41, 5.74) is 3.07. The number of benzene rings is 2. The molecule has 0 fully saturated rings. The third kappa shape index (κ3) is 4.50. The van der Waals surface area contributed by atoms with Gasteiger partial charge in [-0.15, -0.1) is 0 Å². The predicted octanol–water partition coefficient (Wildman–Crippen LogP) is 4.20. The maximum Gasteiger partial charge on any atom is 0.251 e. The molecule has 2 aromatic heterocycles. The highest BCUT2D eigenvalue weighted by Gasteiger charge is 2.11. The zero-order valence-electron chi connectivity index (χ0n) is 15.9. The largest absolute Gasteiger partial charge is 0.457 e. The van der Waals surface area contributed by atoms with Crippen LogP contribution in [0.1, 0.15) is 16.1 Å². The highest BCUT2D eigenvalue weighted by Crippen LogP contribution is 2.21. The molecule has 1 amide bonds. The quantitative estimate of drug-likeness (QED) is 0.541. The minimum absolute atomic E-state index is 0.165. The lowest BCUT2D eigenvalue weighted by Gasteiger charge is -2.07. The van der Waals surface area contributed by atoms with Gasteiger partial charge in [-0.3, -0.25) is 14.5 Å². The molecule has 0 aliphatic carbocycles. The fourth-order valence-corrected chi connectivity index (χ4v) is 2.94. The van der Waals surface area contributed by atoms with E-state index in [1.807, 2.05) is 61.6 Å². The van der Waals surface area contributed by atoms with Crippen LogP contribution in [-0.2, 0) is 13.6 Å². The van der Waals surface area contributed by atoms with Crippen LogP contribution in [0.3, 0.4) is 0 Å². The van der Waals surface area contributed by atoms with Gasteiger partial charge in [0.2, 0.25) is 0 Å². The Morgan fingerprint density at radius 1 is 0.966 bits per heavy atom. The fourth-order valence-electron chi connectivity index (χ4n) is 2.94. The molecule has 0 aliphatic heterocycles. The molecule has 0 saturated heterocycles. The highest BCUT2D eigenvalue weighted by molar-refractivity contribution is 5.94. The molecular formula is C23H20N4O2. The Kier molecular flexibility index (Phi) is 5.33. The van der Waals surface area contributed by atoms with Crippen LogP contribution in [0.5, 0.6) is 11.5 Å². The van der Waals surface area contributed by atoms with Crippen LogP contribution in [0.4, 0.5) is 0 Å². The van der Waals surface area contributed by atoms with Gasteiger partial charge in [0.05, 0.1) is 23.6 Å². The Bertz CT molecular complexity index is 1090. The minimum Gasteiger partial charge on any atom is -0.457 e. The molecule has 0 spiro atoms. The van der Waals surface area contributed by atoms with E-state index in [1.54, 1.807) is 35.1 Å². The molecule has 0 bridgehead atoms. The number of aromatic nitrogens is 3. The zero-order chi connectivity index (χ0) is 20.1. The smallest absolute Gasteiger partial charge is 0.251 e. The van der Waals surface area contributed by atoms with Crippen LogP contribution in [0, 0.1) is 0 Å². The Hall–Kier alpha value is -3.93. The first kappa shape index (κ1) is 18.4. The van der Waals surface area contributed by atoms with E-state index in [0.717, 1.165) is 22.8 Å². The van der Waals surface area contributed by atoms with Gasteiger partial charge in [-0.25, -0.2) is 0 Å². The van der Waals surface area contributed by atoms with Gasteiger partial charge in [-0.2, -0.15) is 5.10 Å². The summed E-state index contributed by atoms with van der Waals surface area (Å²) in [6, 6.07) is 24.2. The van der Waals surface area contributed by atoms with Gasteiger partial charge in [0.25, 0.3) is 5.91 Å². The monoisotopic (exact) mass is 384 g/mol. The lowest BCUT2D eigenvalue weighted by molar-refractivity contribution is 0.0950. The van der Waals surface area contributed by atoms with Gasteiger partial charge in [0.1, 0.15) is 11.5 Å². The van der Waals surface area contributed by atoms with Gasteiger partial charge >= 0.3 is 0 Å². The number of carbonyl (C=O) groups excluding carboxylic acids is 1. The van der Waals surface area contributed by atoms with Gasteiger partial charge in [0.15, 0.2) is 0 Å². The van der Waals surface area contributed by atoms with E-state index in [0.29, 0.717) is 17.9 Å². The van der Waals surface area contributed by atoms with E-state index in [1.165, 1.54) is 0 Å². The molecule has 4 rings (SSSR count). The third-order valence-electron chi connectivity index (χ3n) is 4.38. The second-order valence-electron chi connectivity index (χ2n) is 6.48. The molecule has 0 aliphatic rings. The molecule has 0 radical (unpaired) electrons. The van der Waals surface area contributed by atoms with E-state index in [9.17, 15) is 4.79 Å². The lowest BCUT2D eigenvalue weighted by Crippen LogP contribution is -2.23. The van der Waals surface area contributed by atoms with E-state index >= 15 is 0 Å². The highest BCUT2D eigenvalue weighted by atomic mass is 16.5. The molecule has 2 aromatic carbocycles. The number of nitrogens with one attached hydrogen (secondary N) is 1. The second kappa shape index (κ2) is 8.39. The number of para-hydroxylation sites is 1. The molecule has 0 atom stereocenters. The van der Waals surface area contributed by atoms with E-state index in [-0.39, 0.29) is 5.91 Å². The van der Waals surface area contributed by atoms with Crippen molar-refractivity contribution in [2.24, 2.45) is 7.05 Å². The SMILES string of the molecule is Cn1nc(CNC(=O)c2ccc(Oc3ccccc3)cc2)cc1-c1ccccn1. The number of rotatable bonds is 6. The molecule has 6 heteroatoms. The van der Waals surface area contributed by atoms with Crippen LogP contribution in [0.15, 0.2) is 85.1 Å². The Morgan fingerprint density at radius 2 is 1.69 bits per heavy atom. The van der Waals surface area contributed by atoms with Gasteiger partial charge in [-0.05, 0) is 54.6 Å². The number of hydrogen-bond acceptors (Lipinski definition) is 4. The average Bonchev–Trinajstić information content (AvgIpc) is 3.14. The Labute approximate surface area is 168 Å². The van der Waals surface area contributed by atoms with Crippen molar-refractivity contribution in [1.29, 1.82) is 0 Å². The van der Waals surface area contributed by atoms with Crippen molar-refractivity contribution in [2.75, 3.05) is 0 Å². The molecule has 4 aromatic rings. The fraction of sp³-hybridized carbons (Fsp3) is 0.0870. The molecule has 144 valence electrons. The summed E-state index contributed by atoms with van der Waals surface area (Å²) in [5, 5.41) is 7.36. The molecule has 29 heavy (non-hydrogen) atoms. The number of nitrogens with zero attached hydrogens (tertiary/aromatic N) is 3. The first-order valence-electron chi connectivity index (χ1n) is 9.24. The third-order valence-corrected chi connectivity index (χ3v) is 4.38. The molecule has 2 heterocycles. The summed E-state index contributed by atoms with van der Waals surface area (Å²) in [6.45, 7) is 0.335. The minimum atomic E-state index is -0.165. The van der Waals surface area contributed by atoms with Crippen LogP contribution in [-0.4, -0.2) is 20.7 Å². The van der Waals surface area contributed by atoms with Crippen molar-refractivity contribution < 1.29 is 9.53 Å². The summed E-state index contributed by atoms with van der Waals surface area (Å²) in [4.78, 5) is 16.8. The number of hydrogen-bond donors (Lipinski definition) is 1. The summed E-state index contributed by atoms with van der Waals surface area (Å²) in [7, 11) is 1.86. The van der Waals surface area contributed by atoms with E-state index in [4.69, 9.17) is 4.74 Å². The molecule has 1 N–H and O–H groups in total. The van der Waals surface area contributed by atoms with Crippen molar-refractivity contribution in [3.8, 4) is 22.9 Å².